The molecule has 3 heterocycles. The third-order valence-corrected chi connectivity index (χ3v) is 6.35. The van der Waals surface area contributed by atoms with Crippen LogP contribution < -0.4 is 14.8 Å². The van der Waals surface area contributed by atoms with E-state index in [-0.39, 0.29) is 11.8 Å². The van der Waals surface area contributed by atoms with Gasteiger partial charge in [0.05, 0.1) is 30.1 Å². The van der Waals surface area contributed by atoms with Gasteiger partial charge in [0.25, 0.3) is 0 Å². The van der Waals surface area contributed by atoms with Gasteiger partial charge in [0.2, 0.25) is 11.0 Å². The third kappa shape index (κ3) is 3.53. The van der Waals surface area contributed by atoms with Crippen LogP contribution in [0.25, 0.3) is 15.3 Å². The van der Waals surface area contributed by atoms with Crippen LogP contribution in [0.2, 0.25) is 0 Å². The van der Waals surface area contributed by atoms with Crippen LogP contribution in [0.5, 0.6) is 11.5 Å². The summed E-state index contributed by atoms with van der Waals surface area (Å²) in [5.41, 5.74) is 2.86. The van der Waals surface area contributed by atoms with E-state index in [4.69, 9.17) is 9.47 Å². The molecule has 1 aliphatic heterocycles. The number of nitrogens with zero attached hydrogens (tertiary/aromatic N) is 3. The van der Waals surface area contributed by atoms with Gasteiger partial charge in [-0.2, -0.15) is 9.78 Å². The monoisotopic (exact) mass is 434 g/mol. The molecule has 0 bridgehead atoms. The fourth-order valence-corrected chi connectivity index (χ4v) is 4.78. The quantitative estimate of drug-likeness (QED) is 0.474. The van der Waals surface area contributed by atoms with Crippen molar-refractivity contribution in [3.63, 3.8) is 0 Å². The summed E-state index contributed by atoms with van der Waals surface area (Å²) < 4.78 is 14.1. The lowest BCUT2D eigenvalue weighted by atomic mass is 9.87. The van der Waals surface area contributed by atoms with Crippen LogP contribution in [0, 0.1) is 0 Å². The number of carbonyl (C=O) groups excluding carboxylic acids is 1. The van der Waals surface area contributed by atoms with Gasteiger partial charge in [-0.1, -0.05) is 36.5 Å². The normalized spacial score (nSPS) is 15.5. The topological polar surface area (TPSA) is 78.3 Å². The molecule has 0 unspecified atom stereocenters. The Morgan fingerprint density at radius 3 is 2.90 bits per heavy atom. The number of ether oxygens (including phenoxy) is 2. The SMILES string of the molecule is CCCOc1ccc([C@@H]2CC(=O)Nc3c2cnn3-c2nc3ccccc3s2)cc1OC. The first kappa shape index (κ1) is 19.6. The first-order valence-corrected chi connectivity index (χ1v) is 11.0. The number of nitrogens with one attached hydrogen (secondary N) is 1. The summed E-state index contributed by atoms with van der Waals surface area (Å²) in [5, 5.41) is 8.29. The van der Waals surface area contributed by atoms with Gasteiger partial charge >= 0.3 is 0 Å². The number of methoxy groups -OCH3 is 1. The second-order valence-electron chi connectivity index (χ2n) is 7.39. The molecule has 7 nitrogen and oxygen atoms in total. The second kappa shape index (κ2) is 8.03. The molecule has 0 saturated heterocycles. The molecule has 158 valence electrons. The molecule has 1 atom stereocenters. The highest BCUT2D eigenvalue weighted by atomic mass is 32.1. The summed E-state index contributed by atoms with van der Waals surface area (Å²) in [6.07, 6.45) is 3.08. The molecule has 4 aromatic rings. The van der Waals surface area contributed by atoms with Gasteiger partial charge in [0.1, 0.15) is 5.82 Å². The van der Waals surface area contributed by atoms with E-state index >= 15 is 0 Å². The van der Waals surface area contributed by atoms with Crippen molar-refractivity contribution in [1.29, 1.82) is 0 Å². The first-order chi connectivity index (χ1) is 15.2. The van der Waals surface area contributed by atoms with E-state index in [0.29, 0.717) is 30.3 Å². The maximum Gasteiger partial charge on any atom is 0.226 e. The summed E-state index contributed by atoms with van der Waals surface area (Å²) in [6, 6.07) is 13.8. The molecule has 31 heavy (non-hydrogen) atoms. The van der Waals surface area contributed by atoms with Gasteiger partial charge < -0.3 is 14.8 Å². The number of thiazole rings is 1. The van der Waals surface area contributed by atoms with Gasteiger partial charge in [-0.25, -0.2) is 4.98 Å². The van der Waals surface area contributed by atoms with E-state index in [9.17, 15) is 4.79 Å². The highest BCUT2D eigenvalue weighted by Gasteiger charge is 2.31. The fourth-order valence-electron chi connectivity index (χ4n) is 3.84. The van der Waals surface area contributed by atoms with Crippen molar-refractivity contribution in [2.45, 2.75) is 25.7 Å². The van der Waals surface area contributed by atoms with E-state index in [1.54, 1.807) is 23.1 Å². The summed E-state index contributed by atoms with van der Waals surface area (Å²) in [5.74, 6) is 1.87. The minimum Gasteiger partial charge on any atom is -0.493 e. The Labute approximate surface area is 183 Å². The fraction of sp³-hybridized carbons (Fsp3) is 0.261. The molecule has 0 fully saturated rings. The van der Waals surface area contributed by atoms with Gasteiger partial charge in [-0.05, 0) is 36.2 Å². The van der Waals surface area contributed by atoms with Crippen molar-refractivity contribution >= 4 is 33.3 Å². The Morgan fingerprint density at radius 2 is 2.10 bits per heavy atom. The predicted octanol–water partition coefficient (Wildman–Crippen LogP) is 4.75. The van der Waals surface area contributed by atoms with Crippen LogP contribution in [-0.4, -0.2) is 34.4 Å². The molecule has 0 spiro atoms. The van der Waals surface area contributed by atoms with Gasteiger partial charge in [-0.15, -0.1) is 0 Å². The standard InChI is InChI=1S/C23H22N4O3S/c1-3-10-30-18-9-8-14(11-19(18)29-2)15-12-21(28)26-22-16(15)13-24-27(22)23-25-17-6-4-5-7-20(17)31-23/h4-9,11,13,15H,3,10,12H2,1-2H3,(H,26,28)/t15-/m0/s1. The molecular formula is C23H22N4O3S. The van der Waals surface area contributed by atoms with Crippen LogP contribution in [0.4, 0.5) is 5.82 Å². The highest BCUT2D eigenvalue weighted by molar-refractivity contribution is 7.20. The lowest BCUT2D eigenvalue weighted by Crippen LogP contribution is -2.24. The van der Waals surface area contributed by atoms with Crippen LogP contribution in [-0.2, 0) is 4.79 Å². The minimum atomic E-state index is -0.124. The number of para-hydroxylation sites is 1. The number of hydrogen-bond donors (Lipinski definition) is 1. The number of aromatic nitrogens is 3. The minimum absolute atomic E-state index is 0.0503. The Bertz CT molecular complexity index is 1230. The number of hydrogen-bond acceptors (Lipinski definition) is 6. The van der Waals surface area contributed by atoms with Gasteiger partial charge in [-0.3, -0.25) is 4.79 Å². The van der Waals surface area contributed by atoms with Crippen molar-refractivity contribution in [2.75, 3.05) is 19.0 Å². The Balaban J connectivity index is 1.54. The average Bonchev–Trinajstić information content (AvgIpc) is 3.40. The van der Waals surface area contributed by atoms with Crippen molar-refractivity contribution in [1.82, 2.24) is 14.8 Å². The third-order valence-electron chi connectivity index (χ3n) is 5.34. The molecule has 1 aliphatic rings. The van der Waals surface area contributed by atoms with E-state index in [1.165, 1.54) is 0 Å². The molecule has 0 saturated carbocycles. The Hall–Kier alpha value is -3.39. The summed E-state index contributed by atoms with van der Waals surface area (Å²) in [6.45, 7) is 2.69. The van der Waals surface area contributed by atoms with Crippen LogP contribution in [0.3, 0.4) is 0 Å². The highest BCUT2D eigenvalue weighted by Crippen LogP contribution is 2.41. The molecule has 1 amide bonds. The molecule has 0 radical (unpaired) electrons. The summed E-state index contributed by atoms with van der Waals surface area (Å²) in [7, 11) is 1.63. The molecule has 0 aliphatic carbocycles. The van der Waals surface area contributed by atoms with Crippen molar-refractivity contribution in [3.05, 3.63) is 59.8 Å². The van der Waals surface area contributed by atoms with E-state index in [2.05, 4.69) is 22.3 Å². The van der Waals surface area contributed by atoms with E-state index < -0.39 is 0 Å². The zero-order valence-electron chi connectivity index (χ0n) is 17.3. The molecule has 5 rings (SSSR count). The number of rotatable bonds is 6. The molecule has 2 aromatic heterocycles. The van der Waals surface area contributed by atoms with E-state index in [0.717, 1.165) is 32.9 Å². The van der Waals surface area contributed by atoms with Crippen LogP contribution in [0.1, 0.15) is 36.8 Å². The number of amides is 1. The summed E-state index contributed by atoms with van der Waals surface area (Å²) in [4.78, 5) is 17.3. The maximum atomic E-state index is 12.6. The zero-order chi connectivity index (χ0) is 21.4. The lowest BCUT2D eigenvalue weighted by molar-refractivity contribution is -0.116. The second-order valence-corrected chi connectivity index (χ2v) is 8.40. The Kier molecular flexibility index (Phi) is 5.07. The van der Waals surface area contributed by atoms with Crippen LogP contribution >= 0.6 is 11.3 Å². The van der Waals surface area contributed by atoms with Gasteiger partial charge in [0.15, 0.2) is 11.5 Å². The van der Waals surface area contributed by atoms with Crippen molar-refractivity contribution in [2.24, 2.45) is 0 Å². The lowest BCUT2D eigenvalue weighted by Gasteiger charge is -2.24. The van der Waals surface area contributed by atoms with Gasteiger partial charge in [0, 0.05) is 17.9 Å². The number of carbonyl (C=O) groups is 1. The number of fused-ring (bicyclic) bond motifs is 2. The average molecular weight is 435 g/mol. The molecular weight excluding hydrogens is 412 g/mol. The predicted molar refractivity (Wildman–Crippen MR) is 121 cm³/mol. The van der Waals surface area contributed by atoms with Crippen molar-refractivity contribution in [3.8, 4) is 16.6 Å². The number of anilines is 1. The zero-order valence-corrected chi connectivity index (χ0v) is 18.1. The van der Waals surface area contributed by atoms with Crippen molar-refractivity contribution < 1.29 is 14.3 Å². The largest absolute Gasteiger partial charge is 0.493 e. The summed E-state index contributed by atoms with van der Waals surface area (Å²) >= 11 is 1.54. The van der Waals surface area contributed by atoms with Crippen LogP contribution in [0.15, 0.2) is 48.7 Å². The number of benzene rings is 2. The Morgan fingerprint density at radius 1 is 1.23 bits per heavy atom. The molecule has 2 aromatic carbocycles. The van der Waals surface area contributed by atoms with E-state index in [1.807, 2.05) is 48.7 Å². The maximum absolute atomic E-state index is 12.6. The smallest absolute Gasteiger partial charge is 0.226 e. The molecule has 1 N–H and O–H groups in total. The molecule has 8 heteroatoms. The first-order valence-electron chi connectivity index (χ1n) is 10.2.